The molecule has 0 aliphatic heterocycles. The minimum Gasteiger partial charge on any atom is -1.00 e. The Balaban J connectivity index is 0.00000523. The molecule has 4 rings (SSSR count). The van der Waals surface area contributed by atoms with Crippen LogP contribution in [0.3, 0.4) is 0 Å². The van der Waals surface area contributed by atoms with Crippen molar-refractivity contribution in [2.75, 3.05) is 114 Å². The number of hydrogen-bond donors (Lipinski definition) is 0. The smallest absolute Gasteiger partial charge is 1.00 e. The largest absolute Gasteiger partial charge is 1.00 e. The number of anilines is 6. The monoisotopic (exact) mass is 874 g/mol. The number of benzene rings is 3. The summed E-state index contributed by atoms with van der Waals surface area (Å²) in [6, 6.07) is 7.48. The maximum atomic E-state index is 2.64. The number of aryl methyl sites for hydroxylation is 3. The van der Waals surface area contributed by atoms with Crippen molar-refractivity contribution in [1.82, 2.24) is 0 Å². The van der Waals surface area contributed by atoms with Crippen molar-refractivity contribution < 1.29 is 57.7 Å². The van der Waals surface area contributed by atoms with Gasteiger partial charge in [-0.15, -0.1) is 0 Å². The first-order valence-corrected chi connectivity index (χ1v) is 21.7. The Kier molecular flexibility index (Phi) is 17.0. The van der Waals surface area contributed by atoms with Crippen LogP contribution in [-0.2, 0) is 20.4 Å². The Morgan fingerprint density at radius 2 is 0.679 bits per heavy atom. The molecule has 1 unspecified atom stereocenters. The van der Waals surface area contributed by atoms with Gasteiger partial charge < -0.3 is 37.2 Å². The Labute approximate surface area is 373 Å². The van der Waals surface area contributed by atoms with E-state index in [4.69, 9.17) is 0 Å². The van der Waals surface area contributed by atoms with Gasteiger partial charge in [-0.2, -0.15) is 0 Å². The minimum atomic E-state index is -3.25. The molecular formula is C45H69Cl3N6SiTi. The van der Waals surface area contributed by atoms with Gasteiger partial charge in [0.2, 0.25) is 0 Å². The first-order valence-electron chi connectivity index (χ1n) is 18.9. The third-order valence-corrected chi connectivity index (χ3v) is 21.0. The molecule has 56 heavy (non-hydrogen) atoms. The van der Waals surface area contributed by atoms with Gasteiger partial charge in [-0.1, -0.05) is 0 Å². The average molecular weight is 876 g/mol. The Hall–Kier alpha value is -2.26. The van der Waals surface area contributed by atoms with Crippen molar-refractivity contribution in [3.05, 3.63) is 72.2 Å². The van der Waals surface area contributed by atoms with Crippen molar-refractivity contribution in [3.63, 3.8) is 0 Å². The Morgan fingerprint density at radius 3 is 0.857 bits per heavy atom. The standard InChI is InChI=1S/C45H69N6Si.3ClH.Ti/c1-27-23-36(46(11)12)39(49(17)18)32(6)42(27)52(45(10)26-30(4)31(5)35(45)9,43-28(2)24-37(47(13)14)40(33(43)7)50(19)20)44-29(3)25-38(48(15)16)41(34(44)8)51(21)22;;;;/h23-25H,1-22H3;3*1H;/q;;;;+3/p-3. The fourth-order valence-corrected chi connectivity index (χ4v) is 19.4. The summed E-state index contributed by atoms with van der Waals surface area (Å²) >= 11 is 2.46. The topological polar surface area (TPSA) is 19.4 Å². The molecule has 0 saturated heterocycles. The van der Waals surface area contributed by atoms with Gasteiger partial charge in [-0.05, 0) is 0 Å². The molecule has 0 heterocycles. The molecule has 0 aromatic heterocycles. The van der Waals surface area contributed by atoms with Gasteiger partial charge in [0.05, 0.1) is 0 Å². The van der Waals surface area contributed by atoms with Gasteiger partial charge >= 0.3 is 339 Å². The SMILES string of the molecule is CC1=C(C)C(C)([Si](c2c(C)cc(N(C)C)c(N(C)C)c2C)(c2c(C)cc(N(C)C)c(N(C)C)c2C)c2c(C)cc(N(C)C)c(N(C)C)c2C)[C]([Ti+3])=C1C.[Cl-].[Cl-].[Cl-]. The van der Waals surface area contributed by atoms with Crippen LogP contribution in [0.2, 0.25) is 5.04 Å². The van der Waals surface area contributed by atoms with E-state index in [1.807, 2.05) is 0 Å². The molecule has 1 aliphatic rings. The molecule has 3 aromatic carbocycles. The zero-order valence-electron chi connectivity index (χ0n) is 38.5. The van der Waals surface area contributed by atoms with Crippen molar-refractivity contribution in [2.45, 2.75) is 74.3 Å². The quantitative estimate of drug-likeness (QED) is 0.179. The summed E-state index contributed by atoms with van der Waals surface area (Å²) in [4.78, 5) is 13.9. The molecule has 0 amide bonds. The maximum Gasteiger partial charge on any atom is -1.00 e. The average Bonchev–Trinajstić information content (AvgIpc) is 3.18. The second kappa shape index (κ2) is 18.3. The van der Waals surface area contributed by atoms with Crippen LogP contribution in [0.1, 0.15) is 61.1 Å². The van der Waals surface area contributed by atoms with Crippen LogP contribution in [-0.4, -0.2) is 92.6 Å². The first-order chi connectivity index (χ1) is 24.3. The summed E-state index contributed by atoms with van der Waals surface area (Å²) in [5.74, 6) is 0. The van der Waals surface area contributed by atoms with Crippen LogP contribution in [0, 0.1) is 41.5 Å². The van der Waals surface area contributed by atoms with Gasteiger partial charge in [0.15, 0.2) is 0 Å². The van der Waals surface area contributed by atoms with Crippen LogP contribution in [0.25, 0.3) is 0 Å². The van der Waals surface area contributed by atoms with Crippen molar-refractivity contribution in [1.29, 1.82) is 0 Å². The van der Waals surface area contributed by atoms with E-state index >= 15 is 0 Å². The molecule has 1 aliphatic carbocycles. The van der Waals surface area contributed by atoms with Crippen molar-refractivity contribution >= 4 is 57.8 Å². The van der Waals surface area contributed by atoms with Crippen LogP contribution >= 0.6 is 0 Å². The third-order valence-electron chi connectivity index (χ3n) is 12.6. The molecule has 1 atom stereocenters. The van der Waals surface area contributed by atoms with Gasteiger partial charge in [-0.3, -0.25) is 0 Å². The van der Waals surface area contributed by atoms with Gasteiger partial charge in [-0.25, -0.2) is 0 Å². The second-order valence-electron chi connectivity index (χ2n) is 17.2. The summed E-state index contributed by atoms with van der Waals surface area (Å²) in [5.41, 5.74) is 20.3. The fourth-order valence-electron chi connectivity index (χ4n) is 10.3. The van der Waals surface area contributed by atoms with E-state index in [2.05, 4.69) is 222 Å². The number of hydrogen-bond acceptors (Lipinski definition) is 6. The van der Waals surface area contributed by atoms with Crippen LogP contribution in [0.15, 0.2) is 38.8 Å². The third kappa shape index (κ3) is 7.56. The molecule has 0 radical (unpaired) electrons. The van der Waals surface area contributed by atoms with E-state index in [1.54, 1.807) is 0 Å². The zero-order valence-corrected chi connectivity index (χ0v) is 43.4. The zero-order chi connectivity index (χ0) is 40.6. The first kappa shape index (κ1) is 51.8. The Morgan fingerprint density at radius 1 is 0.429 bits per heavy atom. The van der Waals surface area contributed by atoms with Crippen molar-refractivity contribution in [3.8, 4) is 0 Å². The molecule has 0 bridgehead atoms. The number of nitrogens with zero attached hydrogens (tertiary/aromatic N) is 6. The van der Waals surface area contributed by atoms with Gasteiger partial charge in [0.25, 0.3) is 0 Å². The summed E-state index contributed by atoms with van der Waals surface area (Å²) in [7, 11) is 23.2. The predicted octanol–water partition coefficient (Wildman–Crippen LogP) is -1.65. The fraction of sp³-hybridized carbons (Fsp3) is 0.511. The minimum absolute atomic E-state index is 0. The molecule has 308 valence electrons. The molecular weight excluding hydrogens is 807 g/mol. The predicted molar refractivity (Wildman–Crippen MR) is 238 cm³/mol. The summed E-state index contributed by atoms with van der Waals surface area (Å²) in [6.07, 6.45) is 0. The molecule has 3 aromatic rings. The van der Waals surface area contributed by atoms with Crippen LogP contribution < -0.4 is 82.2 Å². The molecule has 0 N–H and O–H groups in total. The van der Waals surface area contributed by atoms with E-state index in [0.29, 0.717) is 0 Å². The summed E-state index contributed by atoms with van der Waals surface area (Å²) in [5, 5.41) is 4.34. The number of rotatable bonds is 10. The number of halogens is 3. The van der Waals surface area contributed by atoms with E-state index in [9.17, 15) is 0 Å². The summed E-state index contributed by atoms with van der Waals surface area (Å²) in [6.45, 7) is 24.4. The van der Waals surface area contributed by atoms with Crippen LogP contribution in [0.4, 0.5) is 34.1 Å². The van der Waals surface area contributed by atoms with E-state index in [0.717, 1.165) is 0 Å². The molecule has 6 nitrogen and oxygen atoms in total. The van der Waals surface area contributed by atoms with Crippen LogP contribution in [0.5, 0.6) is 0 Å². The molecule has 0 saturated carbocycles. The Bertz CT molecular complexity index is 1820. The normalized spacial score (nSPS) is 15.3. The summed E-state index contributed by atoms with van der Waals surface area (Å²) < 4.78 is 1.50. The van der Waals surface area contributed by atoms with Gasteiger partial charge in [0, 0.05) is 0 Å². The maximum absolute atomic E-state index is 3.25. The van der Waals surface area contributed by atoms with E-state index in [-0.39, 0.29) is 42.3 Å². The second-order valence-corrected chi connectivity index (χ2v) is 22.0. The molecule has 0 spiro atoms. The molecule has 0 fully saturated rings. The van der Waals surface area contributed by atoms with Crippen molar-refractivity contribution in [2.24, 2.45) is 0 Å². The van der Waals surface area contributed by atoms with E-state index < -0.39 is 8.07 Å². The number of allylic oxidation sites excluding steroid dienone is 4. The van der Waals surface area contributed by atoms with E-state index in [1.165, 1.54) is 104 Å². The van der Waals surface area contributed by atoms with Gasteiger partial charge in [0.1, 0.15) is 0 Å². The molecule has 11 heteroatoms.